The van der Waals surface area contributed by atoms with Crippen molar-refractivity contribution in [3.63, 3.8) is 0 Å². The molecule has 1 aromatic heterocycles. The zero-order valence-electron chi connectivity index (χ0n) is 12.0. The van der Waals surface area contributed by atoms with Gasteiger partial charge in [0.2, 0.25) is 0 Å². The Hall–Kier alpha value is -1.81. The highest BCUT2D eigenvalue weighted by atomic mass is 16.5. The van der Waals surface area contributed by atoms with Gasteiger partial charge in [-0.1, -0.05) is 19.9 Å². The lowest BCUT2D eigenvalue weighted by atomic mass is 9.98. The Labute approximate surface area is 114 Å². The van der Waals surface area contributed by atoms with E-state index in [1.807, 2.05) is 17.7 Å². The number of hydrogen-bond acceptors (Lipinski definition) is 3. The normalized spacial score (nSPS) is 11.1. The first-order chi connectivity index (χ1) is 9.08. The van der Waals surface area contributed by atoms with Gasteiger partial charge in [0.1, 0.15) is 5.75 Å². The van der Waals surface area contributed by atoms with Crippen molar-refractivity contribution in [1.29, 1.82) is 0 Å². The highest BCUT2D eigenvalue weighted by Crippen LogP contribution is 2.34. The number of rotatable bonds is 4. The van der Waals surface area contributed by atoms with Crippen LogP contribution < -0.4 is 10.5 Å². The second-order valence-corrected chi connectivity index (χ2v) is 4.97. The van der Waals surface area contributed by atoms with E-state index in [1.54, 1.807) is 13.4 Å². The van der Waals surface area contributed by atoms with Gasteiger partial charge >= 0.3 is 0 Å². The Morgan fingerprint density at radius 2 is 2.11 bits per heavy atom. The lowest BCUT2D eigenvalue weighted by molar-refractivity contribution is 0.416. The molecule has 4 heteroatoms. The number of imidazole rings is 1. The smallest absolute Gasteiger partial charge is 0.128 e. The molecule has 0 amide bonds. The van der Waals surface area contributed by atoms with Gasteiger partial charge in [0.05, 0.1) is 24.8 Å². The molecule has 2 aromatic rings. The van der Waals surface area contributed by atoms with Crippen LogP contribution in [-0.2, 0) is 13.6 Å². The van der Waals surface area contributed by atoms with Gasteiger partial charge in [-0.25, -0.2) is 4.98 Å². The van der Waals surface area contributed by atoms with Crippen molar-refractivity contribution in [1.82, 2.24) is 9.55 Å². The highest BCUT2D eigenvalue weighted by molar-refractivity contribution is 5.70. The average molecular weight is 259 g/mol. The van der Waals surface area contributed by atoms with E-state index in [9.17, 15) is 0 Å². The number of aryl methyl sites for hydroxylation is 1. The number of ether oxygens (including phenoxy) is 1. The third-order valence-electron chi connectivity index (χ3n) is 3.35. The van der Waals surface area contributed by atoms with E-state index in [2.05, 4.69) is 31.0 Å². The SMILES string of the molecule is COc1ccc(C(C)C)cc1-c1c(CN)ncn1C. The van der Waals surface area contributed by atoms with Crippen molar-refractivity contribution in [3.8, 4) is 17.0 Å². The third kappa shape index (κ3) is 2.49. The van der Waals surface area contributed by atoms with Gasteiger partial charge in [-0.15, -0.1) is 0 Å². The molecule has 0 saturated carbocycles. The van der Waals surface area contributed by atoms with Crippen LogP contribution in [0.4, 0.5) is 0 Å². The van der Waals surface area contributed by atoms with E-state index in [0.717, 1.165) is 22.7 Å². The minimum absolute atomic E-state index is 0.422. The molecule has 102 valence electrons. The fourth-order valence-corrected chi connectivity index (χ4v) is 2.24. The number of benzene rings is 1. The molecule has 0 saturated heterocycles. The summed E-state index contributed by atoms with van der Waals surface area (Å²) in [5.74, 6) is 1.32. The van der Waals surface area contributed by atoms with Gasteiger partial charge in [0.15, 0.2) is 0 Å². The van der Waals surface area contributed by atoms with Crippen LogP contribution in [0.1, 0.15) is 31.0 Å². The molecule has 0 aliphatic heterocycles. The summed E-state index contributed by atoms with van der Waals surface area (Å²) in [4.78, 5) is 4.34. The minimum Gasteiger partial charge on any atom is -0.496 e. The number of nitrogens with two attached hydrogens (primary N) is 1. The summed E-state index contributed by atoms with van der Waals surface area (Å²) in [6.07, 6.45) is 1.79. The Balaban J connectivity index is 2.65. The van der Waals surface area contributed by atoms with E-state index in [1.165, 1.54) is 5.56 Å². The van der Waals surface area contributed by atoms with Crippen LogP contribution in [-0.4, -0.2) is 16.7 Å². The monoisotopic (exact) mass is 259 g/mol. The first kappa shape index (κ1) is 13.6. The summed E-state index contributed by atoms with van der Waals surface area (Å²) < 4.78 is 7.47. The summed E-state index contributed by atoms with van der Waals surface area (Å²) >= 11 is 0. The van der Waals surface area contributed by atoms with Gasteiger partial charge in [0.25, 0.3) is 0 Å². The molecule has 0 bridgehead atoms. The first-order valence-electron chi connectivity index (χ1n) is 6.47. The van der Waals surface area contributed by atoms with Crippen LogP contribution >= 0.6 is 0 Å². The molecule has 0 aliphatic rings. The van der Waals surface area contributed by atoms with Crippen LogP contribution in [0.2, 0.25) is 0 Å². The lowest BCUT2D eigenvalue weighted by Crippen LogP contribution is -2.02. The fraction of sp³-hybridized carbons (Fsp3) is 0.400. The maximum absolute atomic E-state index is 5.77. The van der Waals surface area contributed by atoms with Gasteiger partial charge < -0.3 is 15.0 Å². The van der Waals surface area contributed by atoms with Crippen molar-refractivity contribution in [2.45, 2.75) is 26.3 Å². The molecule has 19 heavy (non-hydrogen) atoms. The molecule has 0 unspecified atom stereocenters. The van der Waals surface area contributed by atoms with Crippen LogP contribution in [0.3, 0.4) is 0 Å². The Morgan fingerprint density at radius 3 is 2.68 bits per heavy atom. The van der Waals surface area contributed by atoms with Crippen LogP contribution in [0.15, 0.2) is 24.5 Å². The topological polar surface area (TPSA) is 53.1 Å². The standard InChI is InChI=1S/C15H21N3O/c1-10(2)11-5-6-14(19-4)12(7-11)15-13(8-16)17-9-18(15)3/h5-7,9-10H,8,16H2,1-4H3. The summed E-state index contributed by atoms with van der Waals surface area (Å²) in [6, 6.07) is 6.28. The molecule has 0 atom stereocenters. The molecular formula is C15H21N3O. The molecule has 0 spiro atoms. The van der Waals surface area contributed by atoms with E-state index < -0.39 is 0 Å². The van der Waals surface area contributed by atoms with Gasteiger partial charge in [-0.05, 0) is 23.6 Å². The maximum Gasteiger partial charge on any atom is 0.128 e. The van der Waals surface area contributed by atoms with E-state index >= 15 is 0 Å². The first-order valence-corrected chi connectivity index (χ1v) is 6.47. The fourth-order valence-electron chi connectivity index (χ4n) is 2.24. The Kier molecular flexibility index (Phi) is 3.90. The molecule has 0 fully saturated rings. The Morgan fingerprint density at radius 1 is 1.37 bits per heavy atom. The molecule has 1 heterocycles. The molecule has 2 rings (SSSR count). The van der Waals surface area contributed by atoms with Crippen molar-refractivity contribution in [3.05, 3.63) is 35.8 Å². The van der Waals surface area contributed by atoms with Crippen LogP contribution in [0.25, 0.3) is 11.3 Å². The molecule has 0 radical (unpaired) electrons. The van der Waals surface area contributed by atoms with Crippen molar-refractivity contribution >= 4 is 0 Å². The summed E-state index contributed by atoms with van der Waals surface area (Å²) in [5, 5.41) is 0. The summed E-state index contributed by atoms with van der Waals surface area (Å²) in [6.45, 7) is 4.78. The second kappa shape index (κ2) is 5.45. The Bertz CT molecular complexity index is 573. The van der Waals surface area contributed by atoms with E-state index in [-0.39, 0.29) is 0 Å². The number of hydrogen-bond donors (Lipinski definition) is 1. The zero-order chi connectivity index (χ0) is 14.0. The third-order valence-corrected chi connectivity index (χ3v) is 3.35. The molecule has 0 aliphatic carbocycles. The van der Waals surface area contributed by atoms with E-state index in [0.29, 0.717) is 12.5 Å². The van der Waals surface area contributed by atoms with Crippen LogP contribution in [0.5, 0.6) is 5.75 Å². The summed E-state index contributed by atoms with van der Waals surface area (Å²) in [5.41, 5.74) is 10.0. The van der Waals surface area contributed by atoms with Gasteiger partial charge in [-0.3, -0.25) is 0 Å². The summed E-state index contributed by atoms with van der Waals surface area (Å²) in [7, 11) is 3.66. The van der Waals surface area contributed by atoms with Crippen LogP contribution in [0, 0.1) is 0 Å². The lowest BCUT2D eigenvalue weighted by Gasteiger charge is -2.14. The van der Waals surface area contributed by atoms with E-state index in [4.69, 9.17) is 10.5 Å². The molecule has 2 N–H and O–H groups in total. The number of methoxy groups -OCH3 is 1. The predicted molar refractivity (Wildman–Crippen MR) is 77.2 cm³/mol. The van der Waals surface area contributed by atoms with Gasteiger partial charge in [-0.2, -0.15) is 0 Å². The largest absolute Gasteiger partial charge is 0.496 e. The van der Waals surface area contributed by atoms with Crippen molar-refractivity contribution < 1.29 is 4.74 Å². The average Bonchev–Trinajstić information content (AvgIpc) is 2.78. The predicted octanol–water partition coefficient (Wildman–Crippen LogP) is 2.68. The number of nitrogens with zero attached hydrogens (tertiary/aromatic N) is 2. The highest BCUT2D eigenvalue weighted by Gasteiger charge is 2.16. The molecule has 1 aromatic carbocycles. The molecule has 4 nitrogen and oxygen atoms in total. The number of aromatic nitrogens is 2. The minimum atomic E-state index is 0.422. The molecular weight excluding hydrogens is 238 g/mol. The maximum atomic E-state index is 5.77. The quantitative estimate of drug-likeness (QED) is 0.918. The van der Waals surface area contributed by atoms with Crippen molar-refractivity contribution in [2.75, 3.05) is 7.11 Å². The zero-order valence-corrected chi connectivity index (χ0v) is 12.0. The van der Waals surface area contributed by atoms with Crippen molar-refractivity contribution in [2.24, 2.45) is 12.8 Å². The van der Waals surface area contributed by atoms with Gasteiger partial charge in [0, 0.05) is 19.2 Å². The second-order valence-electron chi connectivity index (χ2n) is 4.97.